The van der Waals surface area contributed by atoms with Gasteiger partial charge in [0.25, 0.3) is 0 Å². The molecule has 0 aliphatic heterocycles. The molecular formula is C8H13NO2. The van der Waals surface area contributed by atoms with Crippen molar-refractivity contribution in [3.8, 4) is 0 Å². The molecule has 0 aromatic carbocycles. The first-order chi connectivity index (χ1) is 5.27. The predicted molar refractivity (Wildman–Crippen MR) is 41.4 cm³/mol. The maximum absolute atomic E-state index is 8.79. The van der Waals surface area contributed by atoms with Crippen molar-refractivity contribution in [1.29, 1.82) is 0 Å². The van der Waals surface area contributed by atoms with Crippen LogP contribution in [0.3, 0.4) is 0 Å². The third kappa shape index (κ3) is 1.80. The number of nitrogens with zero attached hydrogens (tertiary/aromatic N) is 1. The first-order valence-electron chi connectivity index (χ1n) is 3.83. The van der Waals surface area contributed by atoms with Crippen LogP contribution in [0.15, 0.2) is 10.7 Å². The molecule has 1 atom stereocenters. The standard InChI is InChI=1S/C8H13NO2/c1-3-8-9-7(5-11-8)6(2)4-10/h5-6,10H,3-4H2,1-2H3. The van der Waals surface area contributed by atoms with Gasteiger partial charge >= 0.3 is 0 Å². The highest BCUT2D eigenvalue weighted by Crippen LogP contribution is 2.13. The van der Waals surface area contributed by atoms with Crippen LogP contribution in [-0.2, 0) is 6.42 Å². The van der Waals surface area contributed by atoms with Gasteiger partial charge in [-0.3, -0.25) is 0 Å². The van der Waals surface area contributed by atoms with Crippen molar-refractivity contribution in [3.05, 3.63) is 17.8 Å². The van der Waals surface area contributed by atoms with E-state index in [1.165, 1.54) is 0 Å². The highest BCUT2D eigenvalue weighted by atomic mass is 16.3. The Morgan fingerprint density at radius 2 is 2.45 bits per heavy atom. The van der Waals surface area contributed by atoms with Crippen LogP contribution in [0.1, 0.15) is 31.4 Å². The summed E-state index contributed by atoms with van der Waals surface area (Å²) in [7, 11) is 0. The monoisotopic (exact) mass is 155 g/mol. The van der Waals surface area contributed by atoms with E-state index in [-0.39, 0.29) is 12.5 Å². The fourth-order valence-electron chi connectivity index (χ4n) is 0.807. The number of aromatic nitrogens is 1. The summed E-state index contributed by atoms with van der Waals surface area (Å²) >= 11 is 0. The number of aliphatic hydroxyl groups excluding tert-OH is 1. The van der Waals surface area contributed by atoms with Crippen molar-refractivity contribution in [2.75, 3.05) is 6.61 Å². The smallest absolute Gasteiger partial charge is 0.193 e. The van der Waals surface area contributed by atoms with Crippen molar-refractivity contribution in [2.45, 2.75) is 26.2 Å². The number of aliphatic hydroxyl groups is 1. The van der Waals surface area contributed by atoms with Gasteiger partial charge < -0.3 is 9.52 Å². The highest BCUT2D eigenvalue weighted by Gasteiger charge is 2.08. The Morgan fingerprint density at radius 3 is 2.91 bits per heavy atom. The van der Waals surface area contributed by atoms with Crippen molar-refractivity contribution >= 4 is 0 Å². The van der Waals surface area contributed by atoms with Gasteiger partial charge in [-0.1, -0.05) is 13.8 Å². The molecule has 1 unspecified atom stereocenters. The summed E-state index contributed by atoms with van der Waals surface area (Å²) in [5, 5.41) is 8.79. The Hall–Kier alpha value is -0.830. The summed E-state index contributed by atoms with van der Waals surface area (Å²) in [5.74, 6) is 0.819. The molecule has 62 valence electrons. The van der Waals surface area contributed by atoms with E-state index in [4.69, 9.17) is 9.52 Å². The molecule has 1 heterocycles. The van der Waals surface area contributed by atoms with Crippen LogP contribution < -0.4 is 0 Å². The summed E-state index contributed by atoms with van der Waals surface area (Å²) in [6.45, 7) is 4.02. The van der Waals surface area contributed by atoms with Crippen LogP contribution in [0.4, 0.5) is 0 Å². The summed E-state index contributed by atoms with van der Waals surface area (Å²) in [5.41, 5.74) is 0.837. The van der Waals surface area contributed by atoms with E-state index in [1.54, 1.807) is 6.26 Å². The van der Waals surface area contributed by atoms with Crippen LogP contribution in [0.5, 0.6) is 0 Å². The average molecular weight is 155 g/mol. The predicted octanol–water partition coefficient (Wildman–Crippen LogP) is 1.33. The zero-order valence-electron chi connectivity index (χ0n) is 6.87. The summed E-state index contributed by atoms with van der Waals surface area (Å²) in [4.78, 5) is 4.17. The Morgan fingerprint density at radius 1 is 1.73 bits per heavy atom. The van der Waals surface area contributed by atoms with Gasteiger partial charge in [-0.2, -0.15) is 0 Å². The molecule has 3 nitrogen and oxygen atoms in total. The van der Waals surface area contributed by atoms with E-state index in [1.807, 2.05) is 13.8 Å². The maximum atomic E-state index is 8.79. The number of oxazole rings is 1. The SMILES string of the molecule is CCc1nc(C(C)CO)co1. The lowest BCUT2D eigenvalue weighted by atomic mass is 10.1. The van der Waals surface area contributed by atoms with Gasteiger partial charge in [-0.15, -0.1) is 0 Å². The van der Waals surface area contributed by atoms with Gasteiger partial charge in [0.15, 0.2) is 5.89 Å². The quantitative estimate of drug-likeness (QED) is 0.716. The number of rotatable bonds is 3. The zero-order chi connectivity index (χ0) is 8.27. The molecule has 1 aromatic rings. The van der Waals surface area contributed by atoms with E-state index in [9.17, 15) is 0 Å². The fourth-order valence-corrected chi connectivity index (χ4v) is 0.807. The van der Waals surface area contributed by atoms with Crippen molar-refractivity contribution < 1.29 is 9.52 Å². The van der Waals surface area contributed by atoms with E-state index >= 15 is 0 Å². The summed E-state index contributed by atoms with van der Waals surface area (Å²) in [6.07, 6.45) is 2.41. The molecule has 1 N–H and O–H groups in total. The third-order valence-electron chi connectivity index (χ3n) is 1.65. The number of aryl methyl sites for hydroxylation is 1. The van der Waals surface area contributed by atoms with Gasteiger partial charge in [0.2, 0.25) is 0 Å². The largest absolute Gasteiger partial charge is 0.449 e. The summed E-state index contributed by atoms with van der Waals surface area (Å²) in [6, 6.07) is 0. The maximum Gasteiger partial charge on any atom is 0.193 e. The Balaban J connectivity index is 2.71. The van der Waals surface area contributed by atoms with Crippen LogP contribution in [0.2, 0.25) is 0 Å². The van der Waals surface area contributed by atoms with Crippen molar-refractivity contribution in [2.24, 2.45) is 0 Å². The Kier molecular flexibility index (Phi) is 2.65. The van der Waals surface area contributed by atoms with Gasteiger partial charge in [0, 0.05) is 12.3 Å². The second-order valence-electron chi connectivity index (χ2n) is 2.60. The van der Waals surface area contributed by atoms with Crippen molar-refractivity contribution in [3.63, 3.8) is 0 Å². The minimum absolute atomic E-state index is 0.0825. The fraction of sp³-hybridized carbons (Fsp3) is 0.625. The molecule has 1 aromatic heterocycles. The second-order valence-corrected chi connectivity index (χ2v) is 2.60. The zero-order valence-corrected chi connectivity index (χ0v) is 6.87. The lowest BCUT2D eigenvalue weighted by Crippen LogP contribution is -1.98. The van der Waals surface area contributed by atoms with Crippen LogP contribution in [0.25, 0.3) is 0 Å². The molecule has 1 rings (SSSR count). The van der Waals surface area contributed by atoms with E-state index in [0.717, 1.165) is 18.0 Å². The molecule has 0 radical (unpaired) electrons. The molecule has 0 aliphatic carbocycles. The lowest BCUT2D eigenvalue weighted by molar-refractivity contribution is 0.271. The molecular weight excluding hydrogens is 142 g/mol. The molecule has 0 fully saturated rings. The van der Waals surface area contributed by atoms with E-state index in [0.29, 0.717) is 0 Å². The lowest BCUT2D eigenvalue weighted by Gasteiger charge is -1.99. The van der Waals surface area contributed by atoms with Crippen LogP contribution in [0, 0.1) is 0 Å². The topological polar surface area (TPSA) is 46.3 Å². The molecule has 0 saturated carbocycles. The molecule has 0 amide bonds. The molecule has 0 saturated heterocycles. The van der Waals surface area contributed by atoms with E-state index < -0.39 is 0 Å². The minimum atomic E-state index is 0.0825. The van der Waals surface area contributed by atoms with E-state index in [2.05, 4.69) is 4.98 Å². The molecule has 3 heteroatoms. The normalized spacial score (nSPS) is 13.4. The number of hydrogen-bond acceptors (Lipinski definition) is 3. The third-order valence-corrected chi connectivity index (χ3v) is 1.65. The van der Waals surface area contributed by atoms with Crippen molar-refractivity contribution in [1.82, 2.24) is 4.98 Å². The highest BCUT2D eigenvalue weighted by molar-refractivity contribution is 5.02. The summed E-state index contributed by atoms with van der Waals surface area (Å²) < 4.78 is 5.11. The first-order valence-corrected chi connectivity index (χ1v) is 3.83. The molecule has 0 spiro atoms. The van der Waals surface area contributed by atoms with Crippen LogP contribution in [-0.4, -0.2) is 16.7 Å². The molecule has 11 heavy (non-hydrogen) atoms. The number of hydrogen-bond donors (Lipinski definition) is 1. The second kappa shape index (κ2) is 3.53. The van der Waals surface area contributed by atoms with Gasteiger partial charge in [0.1, 0.15) is 6.26 Å². The minimum Gasteiger partial charge on any atom is -0.449 e. The van der Waals surface area contributed by atoms with Gasteiger partial charge in [-0.05, 0) is 0 Å². The Labute approximate surface area is 66.1 Å². The molecule has 0 aliphatic rings. The Bertz CT molecular complexity index is 220. The molecule has 0 bridgehead atoms. The average Bonchev–Trinajstić information content (AvgIpc) is 2.50. The van der Waals surface area contributed by atoms with Crippen LogP contribution >= 0.6 is 0 Å². The first kappa shape index (κ1) is 8.27. The van der Waals surface area contributed by atoms with Gasteiger partial charge in [0.05, 0.1) is 12.3 Å². The van der Waals surface area contributed by atoms with Gasteiger partial charge in [-0.25, -0.2) is 4.98 Å².